The van der Waals surface area contributed by atoms with E-state index in [1.807, 2.05) is 21.9 Å². The monoisotopic (exact) mass is 481 g/mol. The fourth-order valence-electron chi connectivity index (χ4n) is 4.12. The van der Waals surface area contributed by atoms with Crippen molar-refractivity contribution in [2.45, 2.75) is 90.2 Å². The van der Waals surface area contributed by atoms with Crippen LogP contribution >= 0.6 is 0 Å². The highest BCUT2D eigenvalue weighted by atomic mass is 28.3. The van der Waals surface area contributed by atoms with E-state index in [9.17, 15) is 0 Å². The van der Waals surface area contributed by atoms with Crippen LogP contribution in [0.25, 0.3) is 22.2 Å². The van der Waals surface area contributed by atoms with E-state index in [0.29, 0.717) is 12.8 Å². The summed E-state index contributed by atoms with van der Waals surface area (Å²) in [5.74, 6) is 0. The molecule has 10 heteroatoms. The van der Waals surface area contributed by atoms with Gasteiger partial charge in [-0.15, -0.1) is 0 Å². The number of benzene rings is 1. The Morgan fingerprint density at radius 1 is 1.06 bits per heavy atom. The Balaban J connectivity index is 1.52. The first-order valence-electron chi connectivity index (χ1n) is 12.3. The van der Waals surface area contributed by atoms with Crippen LogP contribution in [0.5, 0.6) is 0 Å². The topological polar surface area (TPSA) is 76.2 Å². The van der Waals surface area contributed by atoms with Crippen molar-refractivity contribution in [2.24, 2.45) is 0 Å². The van der Waals surface area contributed by atoms with E-state index in [-0.39, 0.29) is 0 Å². The fourth-order valence-corrected chi connectivity index (χ4v) is 4.88. The van der Waals surface area contributed by atoms with Crippen molar-refractivity contribution in [2.75, 3.05) is 6.61 Å². The maximum atomic E-state index is 6.41. The lowest BCUT2D eigenvalue weighted by Crippen LogP contribution is -2.41. The van der Waals surface area contributed by atoms with Gasteiger partial charge in [0.2, 0.25) is 0 Å². The molecule has 182 valence electrons. The summed E-state index contributed by atoms with van der Waals surface area (Å²) in [4.78, 5) is 1.84. The average molecular weight is 481 g/mol. The fraction of sp³-hybridized carbons (Fsp3) is 0.625. The van der Waals surface area contributed by atoms with Crippen molar-refractivity contribution in [1.29, 1.82) is 0 Å². The first-order valence-corrected chi connectivity index (χ1v) is 16.0. The molecule has 0 atom stereocenters. The molecule has 0 amide bonds. The van der Waals surface area contributed by atoms with E-state index < -0.39 is 26.4 Å². The van der Waals surface area contributed by atoms with Gasteiger partial charge in [0, 0.05) is 31.1 Å². The van der Waals surface area contributed by atoms with Crippen LogP contribution in [0, 0.1) is 0 Å². The summed E-state index contributed by atoms with van der Waals surface area (Å²) in [6.45, 7) is 16.5. The number of hydrogen-bond donors (Lipinski definition) is 0. The van der Waals surface area contributed by atoms with Crippen LogP contribution in [0.4, 0.5) is 0 Å². The second-order valence-corrected chi connectivity index (χ2v) is 17.4. The first-order chi connectivity index (χ1) is 16.0. The predicted octanol–water partition coefficient (Wildman–Crippen LogP) is 4.24. The van der Waals surface area contributed by atoms with Crippen LogP contribution in [0.2, 0.25) is 25.7 Å². The maximum absolute atomic E-state index is 6.41. The lowest BCUT2D eigenvalue weighted by atomic mass is 9.77. The zero-order valence-corrected chi connectivity index (χ0v) is 22.5. The van der Waals surface area contributed by atoms with Crippen molar-refractivity contribution in [3.8, 4) is 11.3 Å². The maximum Gasteiger partial charge on any atom is 0.497 e. The highest BCUT2D eigenvalue weighted by Crippen LogP contribution is 2.38. The standard InChI is InChI=1S/C24H36BN5O3Si/c1-23(2)24(3,4)33-25(32-23)20-11-10-18(21-15-27-30(28-21)17-8-9-17)19-14-26-29(22(19)20)16-31-12-13-34(5,6)7/h10-11,14-15,17H,8-9,12-13,16H2,1-7H3. The van der Waals surface area contributed by atoms with Crippen molar-refractivity contribution < 1.29 is 14.0 Å². The number of ether oxygens (including phenoxy) is 1. The Morgan fingerprint density at radius 2 is 1.76 bits per heavy atom. The molecule has 34 heavy (non-hydrogen) atoms. The highest BCUT2D eigenvalue weighted by Gasteiger charge is 2.52. The summed E-state index contributed by atoms with van der Waals surface area (Å²) >= 11 is 0. The van der Waals surface area contributed by atoms with Gasteiger partial charge in [0.25, 0.3) is 0 Å². The van der Waals surface area contributed by atoms with Crippen LogP contribution < -0.4 is 5.46 Å². The molecule has 1 aliphatic carbocycles. The van der Waals surface area contributed by atoms with Gasteiger partial charge in [-0.1, -0.05) is 31.8 Å². The lowest BCUT2D eigenvalue weighted by Gasteiger charge is -2.32. The molecule has 2 aliphatic rings. The van der Waals surface area contributed by atoms with Gasteiger partial charge in [-0.2, -0.15) is 20.1 Å². The van der Waals surface area contributed by atoms with Gasteiger partial charge in [-0.25, -0.2) is 4.68 Å². The molecule has 0 bridgehead atoms. The van der Waals surface area contributed by atoms with Crippen molar-refractivity contribution in [1.82, 2.24) is 24.8 Å². The van der Waals surface area contributed by atoms with E-state index in [0.717, 1.165) is 53.1 Å². The molecule has 2 aromatic heterocycles. The Kier molecular flexibility index (Phi) is 5.78. The van der Waals surface area contributed by atoms with Crippen LogP contribution in [-0.4, -0.2) is 57.8 Å². The van der Waals surface area contributed by atoms with Gasteiger partial charge in [0.05, 0.1) is 35.2 Å². The highest BCUT2D eigenvalue weighted by molar-refractivity contribution is 6.76. The van der Waals surface area contributed by atoms with Crippen LogP contribution in [0.3, 0.4) is 0 Å². The summed E-state index contributed by atoms with van der Waals surface area (Å²) in [6, 6.07) is 5.72. The minimum atomic E-state index is -1.16. The summed E-state index contributed by atoms with van der Waals surface area (Å²) < 4.78 is 20.8. The molecule has 1 saturated carbocycles. The third-order valence-electron chi connectivity index (χ3n) is 7.21. The van der Waals surface area contributed by atoms with E-state index in [2.05, 4.69) is 64.6 Å². The quantitative estimate of drug-likeness (QED) is 0.354. The third-order valence-corrected chi connectivity index (χ3v) is 8.91. The third kappa shape index (κ3) is 4.48. The Bertz CT molecular complexity index is 1180. The number of rotatable bonds is 8. The summed E-state index contributed by atoms with van der Waals surface area (Å²) in [7, 11) is -1.65. The molecule has 3 heterocycles. The van der Waals surface area contributed by atoms with Gasteiger partial charge < -0.3 is 14.0 Å². The zero-order valence-electron chi connectivity index (χ0n) is 21.5. The molecule has 0 N–H and O–H groups in total. The number of hydrogen-bond acceptors (Lipinski definition) is 6. The zero-order chi connectivity index (χ0) is 24.3. The normalized spacial score (nSPS) is 19.9. The smallest absolute Gasteiger partial charge is 0.399 e. The van der Waals surface area contributed by atoms with Gasteiger partial charge in [0.15, 0.2) is 0 Å². The molecule has 2 fully saturated rings. The minimum Gasteiger partial charge on any atom is -0.399 e. The second kappa shape index (κ2) is 8.29. The van der Waals surface area contributed by atoms with Crippen molar-refractivity contribution in [3.05, 3.63) is 24.5 Å². The Morgan fingerprint density at radius 3 is 2.41 bits per heavy atom. The number of fused-ring (bicyclic) bond motifs is 1. The Labute approximate surface area is 203 Å². The molecular formula is C24H36BN5O3Si. The SMILES string of the molecule is CC1(C)OB(c2ccc(-c3cnn(C4CC4)n3)c3cnn(COCC[Si](C)(C)C)c23)OC1(C)C. The van der Waals surface area contributed by atoms with Crippen LogP contribution in [0.15, 0.2) is 24.5 Å². The number of aromatic nitrogens is 5. The molecule has 1 aliphatic heterocycles. The first kappa shape index (κ1) is 23.7. The molecule has 3 aromatic rings. The van der Waals surface area contributed by atoms with Gasteiger partial charge in [0.1, 0.15) is 12.4 Å². The average Bonchev–Trinajstić information content (AvgIpc) is 3.23. The van der Waals surface area contributed by atoms with Crippen LogP contribution in [0.1, 0.15) is 46.6 Å². The number of nitrogens with zero attached hydrogens (tertiary/aromatic N) is 5. The molecule has 0 spiro atoms. The van der Waals surface area contributed by atoms with Crippen LogP contribution in [-0.2, 0) is 20.8 Å². The van der Waals surface area contributed by atoms with E-state index >= 15 is 0 Å². The molecule has 0 radical (unpaired) electrons. The molecule has 1 saturated heterocycles. The van der Waals surface area contributed by atoms with Crippen molar-refractivity contribution >= 4 is 31.6 Å². The molecule has 0 unspecified atom stereocenters. The van der Waals surface area contributed by atoms with Gasteiger partial charge >= 0.3 is 7.12 Å². The van der Waals surface area contributed by atoms with E-state index in [1.54, 1.807) is 0 Å². The molecule has 1 aromatic carbocycles. The van der Waals surface area contributed by atoms with Gasteiger partial charge in [-0.3, -0.25) is 0 Å². The summed E-state index contributed by atoms with van der Waals surface area (Å²) in [6.07, 6.45) is 6.05. The minimum absolute atomic E-state index is 0.388. The van der Waals surface area contributed by atoms with E-state index in [4.69, 9.17) is 24.2 Å². The molecule has 5 rings (SSSR count). The largest absolute Gasteiger partial charge is 0.497 e. The second-order valence-electron chi connectivity index (χ2n) is 11.8. The van der Waals surface area contributed by atoms with E-state index in [1.165, 1.54) is 0 Å². The molecule has 8 nitrogen and oxygen atoms in total. The predicted molar refractivity (Wildman–Crippen MR) is 137 cm³/mol. The van der Waals surface area contributed by atoms with Gasteiger partial charge in [-0.05, 0) is 46.6 Å². The Hall–Kier alpha value is -2.01. The van der Waals surface area contributed by atoms with Crippen molar-refractivity contribution in [3.63, 3.8) is 0 Å². The lowest BCUT2D eigenvalue weighted by molar-refractivity contribution is 0.00578. The molecular weight excluding hydrogens is 445 g/mol. The summed E-state index contributed by atoms with van der Waals surface area (Å²) in [5, 5.41) is 15.0. The summed E-state index contributed by atoms with van der Waals surface area (Å²) in [5.41, 5.74) is 2.94.